The van der Waals surface area contributed by atoms with E-state index in [0.717, 1.165) is 24.9 Å². The number of benzene rings is 1. The Morgan fingerprint density at radius 3 is 2.89 bits per heavy atom. The molecule has 1 unspecified atom stereocenters. The van der Waals surface area contributed by atoms with Crippen molar-refractivity contribution in [3.05, 3.63) is 34.6 Å². The molecule has 0 bridgehead atoms. The van der Waals surface area contributed by atoms with E-state index in [1.807, 2.05) is 4.90 Å². The highest BCUT2D eigenvalue weighted by molar-refractivity contribution is 6.30. The topological polar surface area (TPSA) is 40.5 Å². The van der Waals surface area contributed by atoms with E-state index < -0.39 is 17.3 Å². The van der Waals surface area contributed by atoms with Crippen LogP contribution in [0.4, 0.5) is 4.39 Å². The number of likely N-dealkylation sites (tertiary alicyclic amines) is 1. The first kappa shape index (κ1) is 14.3. The number of nitrogens with zero attached hydrogens (tertiary/aromatic N) is 1. The lowest BCUT2D eigenvalue weighted by Crippen LogP contribution is -2.54. The Morgan fingerprint density at radius 1 is 1.53 bits per heavy atom. The van der Waals surface area contributed by atoms with Crippen LogP contribution in [0.5, 0.6) is 0 Å². The summed E-state index contributed by atoms with van der Waals surface area (Å²) in [6, 6.07) is 4.53. The second kappa shape index (κ2) is 5.47. The first-order valence-electron chi connectivity index (χ1n) is 6.36. The molecule has 1 N–H and O–H groups in total. The number of rotatable bonds is 3. The Labute approximate surface area is 117 Å². The molecule has 1 heterocycles. The number of hydrogen-bond acceptors (Lipinski definition) is 2. The molecule has 1 aliphatic heterocycles. The summed E-state index contributed by atoms with van der Waals surface area (Å²) in [6.07, 6.45) is 2.54. The monoisotopic (exact) mass is 285 g/mol. The minimum atomic E-state index is -0.848. The van der Waals surface area contributed by atoms with Crippen molar-refractivity contribution in [2.24, 2.45) is 0 Å². The first-order valence-corrected chi connectivity index (χ1v) is 6.73. The molecule has 1 saturated heterocycles. The Kier molecular flexibility index (Phi) is 4.11. The summed E-state index contributed by atoms with van der Waals surface area (Å²) in [7, 11) is 0. The summed E-state index contributed by atoms with van der Waals surface area (Å²) in [5, 5.41) is 9.49. The van der Waals surface area contributed by atoms with Gasteiger partial charge < -0.3 is 5.11 Å². The molecular formula is C14H17ClFNO2. The average Bonchev–Trinajstić information content (AvgIpc) is 2.36. The fraction of sp³-hybridized carbons (Fsp3) is 0.500. The molecule has 1 aromatic rings. The van der Waals surface area contributed by atoms with Gasteiger partial charge in [-0.2, -0.15) is 0 Å². The number of carboxylic acid groups (broad SMARTS) is 1. The van der Waals surface area contributed by atoms with Gasteiger partial charge in [-0.15, -0.1) is 0 Å². The van der Waals surface area contributed by atoms with Crippen molar-refractivity contribution >= 4 is 17.6 Å². The van der Waals surface area contributed by atoms with Gasteiger partial charge in [-0.05, 0) is 50.4 Å². The average molecular weight is 286 g/mol. The van der Waals surface area contributed by atoms with Crippen molar-refractivity contribution in [1.82, 2.24) is 4.90 Å². The molecule has 2 rings (SSSR count). The van der Waals surface area contributed by atoms with Crippen LogP contribution in [0, 0.1) is 5.82 Å². The summed E-state index contributed by atoms with van der Waals surface area (Å²) < 4.78 is 13.1. The number of hydrogen-bond donors (Lipinski definition) is 1. The molecule has 19 heavy (non-hydrogen) atoms. The van der Waals surface area contributed by atoms with Crippen molar-refractivity contribution in [1.29, 1.82) is 0 Å². The molecule has 0 radical (unpaired) electrons. The lowest BCUT2D eigenvalue weighted by Gasteiger charge is -2.41. The summed E-state index contributed by atoms with van der Waals surface area (Å²) in [6.45, 7) is 2.96. The lowest BCUT2D eigenvalue weighted by atomic mass is 9.88. The van der Waals surface area contributed by atoms with Gasteiger partial charge in [-0.1, -0.05) is 17.7 Å². The van der Waals surface area contributed by atoms with Crippen LogP contribution in [-0.2, 0) is 11.3 Å². The van der Waals surface area contributed by atoms with E-state index in [9.17, 15) is 14.3 Å². The van der Waals surface area contributed by atoms with Crippen molar-refractivity contribution in [2.45, 2.75) is 38.3 Å². The zero-order valence-corrected chi connectivity index (χ0v) is 11.6. The second-order valence-corrected chi connectivity index (χ2v) is 5.61. The number of piperidine rings is 1. The van der Waals surface area contributed by atoms with Gasteiger partial charge in [0, 0.05) is 6.54 Å². The summed E-state index contributed by atoms with van der Waals surface area (Å²) in [5.41, 5.74) is -0.0141. The minimum absolute atomic E-state index is 0.0755. The zero-order chi connectivity index (χ0) is 14.0. The van der Waals surface area contributed by atoms with E-state index in [4.69, 9.17) is 11.6 Å². The van der Waals surface area contributed by atoms with E-state index >= 15 is 0 Å². The van der Waals surface area contributed by atoms with Crippen LogP contribution in [0.2, 0.25) is 5.02 Å². The fourth-order valence-electron chi connectivity index (χ4n) is 2.53. The second-order valence-electron chi connectivity index (χ2n) is 5.21. The molecule has 5 heteroatoms. The molecule has 1 aliphatic rings. The molecule has 3 nitrogen and oxygen atoms in total. The third-order valence-electron chi connectivity index (χ3n) is 3.86. The van der Waals surface area contributed by atoms with Crippen LogP contribution in [-0.4, -0.2) is 28.1 Å². The third-order valence-corrected chi connectivity index (χ3v) is 4.15. The SMILES string of the molecule is CC1(C(=O)O)CCCCN1Cc1ccc(F)c(Cl)c1. The largest absolute Gasteiger partial charge is 0.480 e. The van der Waals surface area contributed by atoms with Crippen LogP contribution in [0.15, 0.2) is 18.2 Å². The van der Waals surface area contributed by atoms with Crippen molar-refractivity contribution in [3.63, 3.8) is 0 Å². The van der Waals surface area contributed by atoms with Gasteiger partial charge >= 0.3 is 5.97 Å². The van der Waals surface area contributed by atoms with Gasteiger partial charge in [0.2, 0.25) is 0 Å². The predicted octanol–water partition coefficient (Wildman–Crippen LogP) is 3.31. The maximum atomic E-state index is 13.1. The maximum Gasteiger partial charge on any atom is 0.323 e. The molecule has 0 aromatic heterocycles. The van der Waals surface area contributed by atoms with E-state index in [-0.39, 0.29) is 5.02 Å². The number of halogens is 2. The van der Waals surface area contributed by atoms with E-state index in [2.05, 4.69) is 0 Å². The van der Waals surface area contributed by atoms with Gasteiger partial charge in [0.05, 0.1) is 5.02 Å². The Balaban J connectivity index is 2.20. The molecule has 1 fully saturated rings. The van der Waals surface area contributed by atoms with Gasteiger partial charge in [0.25, 0.3) is 0 Å². The third kappa shape index (κ3) is 2.90. The normalized spacial score (nSPS) is 24.4. The molecule has 104 valence electrons. The van der Waals surface area contributed by atoms with Crippen LogP contribution >= 0.6 is 11.6 Å². The highest BCUT2D eigenvalue weighted by atomic mass is 35.5. The molecule has 0 saturated carbocycles. The summed E-state index contributed by atoms with van der Waals surface area (Å²) in [5.74, 6) is -1.26. The smallest absolute Gasteiger partial charge is 0.323 e. The fourth-order valence-corrected chi connectivity index (χ4v) is 2.73. The predicted molar refractivity (Wildman–Crippen MR) is 71.7 cm³/mol. The highest BCUT2D eigenvalue weighted by Crippen LogP contribution is 2.30. The van der Waals surface area contributed by atoms with Crippen LogP contribution in [0.3, 0.4) is 0 Å². The molecule has 1 atom stereocenters. The molecule has 0 spiro atoms. The number of carboxylic acids is 1. The maximum absolute atomic E-state index is 13.1. The van der Waals surface area contributed by atoms with Crippen LogP contribution in [0.1, 0.15) is 31.7 Å². The van der Waals surface area contributed by atoms with Crippen molar-refractivity contribution in [2.75, 3.05) is 6.54 Å². The van der Waals surface area contributed by atoms with E-state index in [0.29, 0.717) is 13.0 Å². The quantitative estimate of drug-likeness (QED) is 0.926. The van der Waals surface area contributed by atoms with Crippen LogP contribution in [0.25, 0.3) is 0 Å². The Hall–Kier alpha value is -1.13. The number of carbonyl (C=O) groups is 1. The van der Waals surface area contributed by atoms with Gasteiger partial charge in [0.15, 0.2) is 0 Å². The van der Waals surface area contributed by atoms with Crippen molar-refractivity contribution < 1.29 is 14.3 Å². The summed E-state index contributed by atoms with van der Waals surface area (Å²) >= 11 is 5.76. The zero-order valence-electron chi connectivity index (χ0n) is 10.8. The molecule has 0 amide bonds. The highest BCUT2D eigenvalue weighted by Gasteiger charge is 2.41. The van der Waals surface area contributed by atoms with Gasteiger partial charge in [-0.25, -0.2) is 4.39 Å². The lowest BCUT2D eigenvalue weighted by molar-refractivity contribution is -0.153. The Bertz CT molecular complexity index is 494. The minimum Gasteiger partial charge on any atom is -0.480 e. The standard InChI is InChI=1S/C14H17ClFNO2/c1-14(13(18)19)6-2-3-7-17(14)9-10-4-5-12(16)11(15)8-10/h4-5,8H,2-3,6-7,9H2,1H3,(H,18,19). The van der Waals surface area contributed by atoms with Gasteiger partial charge in [0.1, 0.15) is 11.4 Å². The molecular weight excluding hydrogens is 269 g/mol. The number of aliphatic carboxylic acids is 1. The van der Waals surface area contributed by atoms with E-state index in [1.54, 1.807) is 19.1 Å². The molecule has 1 aromatic carbocycles. The molecule has 0 aliphatic carbocycles. The van der Waals surface area contributed by atoms with Crippen LogP contribution < -0.4 is 0 Å². The van der Waals surface area contributed by atoms with Gasteiger partial charge in [-0.3, -0.25) is 9.69 Å². The van der Waals surface area contributed by atoms with Crippen molar-refractivity contribution in [3.8, 4) is 0 Å². The van der Waals surface area contributed by atoms with E-state index in [1.165, 1.54) is 6.07 Å². The summed E-state index contributed by atoms with van der Waals surface area (Å²) in [4.78, 5) is 13.4. The first-order chi connectivity index (χ1) is 8.93. The Morgan fingerprint density at radius 2 is 2.26 bits per heavy atom.